The number of nitrogens with zero attached hydrogens (tertiary/aromatic N) is 2. The first-order valence-electron chi connectivity index (χ1n) is 9.80. The summed E-state index contributed by atoms with van der Waals surface area (Å²) in [6, 6.07) is 11.1. The summed E-state index contributed by atoms with van der Waals surface area (Å²) in [7, 11) is -3.75. The van der Waals surface area contributed by atoms with Crippen LogP contribution >= 0.6 is 0 Å². The van der Waals surface area contributed by atoms with Gasteiger partial charge in [-0.05, 0) is 43.3 Å². The van der Waals surface area contributed by atoms with E-state index in [0.717, 1.165) is 18.4 Å². The molecule has 0 amide bonds. The molecule has 0 saturated heterocycles. The van der Waals surface area contributed by atoms with Crippen molar-refractivity contribution in [2.75, 3.05) is 42.4 Å². The fraction of sp³-hybridized carbons (Fsp3) is 0.381. The Kier molecular flexibility index (Phi) is 6.99. The van der Waals surface area contributed by atoms with Crippen molar-refractivity contribution in [3.05, 3.63) is 54.1 Å². The van der Waals surface area contributed by atoms with Crippen LogP contribution in [0.4, 0.5) is 30.2 Å². The number of carbonyl (C=O) groups is 1. The van der Waals surface area contributed by atoms with Gasteiger partial charge in [0, 0.05) is 12.2 Å². The van der Waals surface area contributed by atoms with Crippen molar-refractivity contribution < 1.29 is 35.3 Å². The summed E-state index contributed by atoms with van der Waals surface area (Å²) in [5, 5.41) is 0. The van der Waals surface area contributed by atoms with E-state index in [1.165, 1.54) is 12.1 Å². The van der Waals surface area contributed by atoms with Crippen molar-refractivity contribution in [2.45, 2.75) is 19.1 Å². The Morgan fingerprint density at radius 3 is 2.28 bits per heavy atom. The summed E-state index contributed by atoms with van der Waals surface area (Å²) in [5.74, 6) is -0.491. The molecule has 1 aliphatic rings. The number of halogens is 3. The van der Waals surface area contributed by atoms with Gasteiger partial charge in [-0.1, -0.05) is 12.1 Å². The van der Waals surface area contributed by atoms with Crippen LogP contribution in [0.5, 0.6) is 0 Å². The molecule has 0 aromatic heterocycles. The highest BCUT2D eigenvalue weighted by Crippen LogP contribution is 2.40. The van der Waals surface area contributed by atoms with Crippen LogP contribution in [0.25, 0.3) is 0 Å². The van der Waals surface area contributed by atoms with Gasteiger partial charge in [0.2, 0.25) is 0 Å². The second-order valence-electron chi connectivity index (χ2n) is 7.22. The van der Waals surface area contributed by atoms with Gasteiger partial charge in [-0.15, -0.1) is 0 Å². The molecule has 1 atom stereocenters. The second kappa shape index (κ2) is 9.37. The highest BCUT2D eigenvalue weighted by molar-refractivity contribution is 7.85. The Hall–Kier alpha value is -2.79. The van der Waals surface area contributed by atoms with Crippen LogP contribution in [0.3, 0.4) is 0 Å². The molecule has 3 rings (SSSR count). The third-order valence-corrected chi connectivity index (χ3v) is 5.47. The molecule has 0 spiro atoms. The van der Waals surface area contributed by atoms with E-state index in [4.69, 9.17) is 8.92 Å². The molecule has 2 aromatic carbocycles. The molecule has 7 nitrogen and oxygen atoms in total. The molecule has 0 saturated carbocycles. The van der Waals surface area contributed by atoms with E-state index in [2.05, 4.69) is 0 Å². The highest BCUT2D eigenvalue weighted by atomic mass is 32.2. The van der Waals surface area contributed by atoms with Gasteiger partial charge in [0.05, 0.1) is 42.4 Å². The average molecular weight is 472 g/mol. The van der Waals surface area contributed by atoms with Gasteiger partial charge in [0.25, 0.3) is 10.1 Å². The molecule has 11 heteroatoms. The fourth-order valence-electron chi connectivity index (χ4n) is 3.52. The summed E-state index contributed by atoms with van der Waals surface area (Å²) in [6.07, 6.45) is -3.53. The predicted octanol–water partition coefficient (Wildman–Crippen LogP) is 3.57. The zero-order chi connectivity index (χ0) is 23.5. The second-order valence-corrected chi connectivity index (χ2v) is 8.86. The minimum Gasteiger partial charge on any atom is -0.465 e. The minimum atomic E-state index is -4.46. The summed E-state index contributed by atoms with van der Waals surface area (Å²) < 4.78 is 72.1. The number of ether oxygens (including phenoxy) is 1. The Bertz CT molecular complexity index is 1060. The molecule has 0 N–H and O–H groups in total. The van der Waals surface area contributed by atoms with E-state index in [0.29, 0.717) is 17.1 Å². The first-order valence-corrected chi connectivity index (χ1v) is 11.6. The van der Waals surface area contributed by atoms with Crippen LogP contribution < -0.4 is 9.80 Å². The molecule has 0 fully saturated rings. The van der Waals surface area contributed by atoms with Crippen molar-refractivity contribution in [1.29, 1.82) is 0 Å². The molecular formula is C21H23F3N2O5S. The summed E-state index contributed by atoms with van der Waals surface area (Å²) in [4.78, 5) is 15.7. The van der Waals surface area contributed by atoms with Crippen molar-refractivity contribution in [3.8, 4) is 0 Å². The van der Waals surface area contributed by atoms with Crippen LogP contribution in [0.2, 0.25) is 0 Å². The number of carbonyl (C=O) groups excluding carboxylic acids is 1. The quantitative estimate of drug-likeness (QED) is 0.450. The average Bonchev–Trinajstić information content (AvgIpc) is 2.72. The van der Waals surface area contributed by atoms with Crippen LogP contribution in [0.1, 0.15) is 12.5 Å². The Labute approximate surface area is 184 Å². The van der Waals surface area contributed by atoms with Crippen molar-refractivity contribution in [2.24, 2.45) is 0 Å². The zero-order valence-corrected chi connectivity index (χ0v) is 18.3. The molecule has 1 heterocycles. The maximum Gasteiger partial charge on any atom is 0.416 e. The molecule has 0 radical (unpaired) electrons. The van der Waals surface area contributed by atoms with Gasteiger partial charge in [-0.3, -0.25) is 8.98 Å². The lowest BCUT2D eigenvalue weighted by molar-refractivity contribution is -0.141. The maximum absolute atomic E-state index is 13.0. The lowest BCUT2D eigenvalue weighted by Crippen LogP contribution is -2.52. The topological polar surface area (TPSA) is 76.2 Å². The van der Waals surface area contributed by atoms with Gasteiger partial charge >= 0.3 is 12.1 Å². The predicted molar refractivity (Wildman–Crippen MR) is 113 cm³/mol. The Balaban J connectivity index is 2.00. The van der Waals surface area contributed by atoms with Gasteiger partial charge in [-0.25, -0.2) is 0 Å². The third-order valence-electron chi connectivity index (χ3n) is 4.90. The highest BCUT2D eigenvalue weighted by Gasteiger charge is 2.35. The number of esters is 1. The molecule has 1 unspecified atom stereocenters. The number of rotatable bonds is 7. The van der Waals surface area contributed by atoms with Gasteiger partial charge < -0.3 is 14.5 Å². The van der Waals surface area contributed by atoms with Crippen molar-refractivity contribution in [1.82, 2.24) is 0 Å². The standard InChI is InChI=1S/C21H23F3N2O5S/c1-3-30-20(27)13-26-17(14-31-32(2,28)29)12-25(18-6-4-5-7-19(18)26)16-10-8-15(9-11-16)21(22,23)24/h4-11,17H,3,12-14H2,1-2H3. The molecule has 0 aliphatic carbocycles. The lowest BCUT2D eigenvalue weighted by atomic mass is 10.1. The number of anilines is 3. The van der Waals surface area contributed by atoms with Crippen LogP contribution in [0, 0.1) is 0 Å². The molecule has 1 aliphatic heterocycles. The number of para-hydroxylation sites is 2. The largest absolute Gasteiger partial charge is 0.465 e. The van der Waals surface area contributed by atoms with E-state index in [9.17, 15) is 26.4 Å². The zero-order valence-electron chi connectivity index (χ0n) is 17.5. The summed E-state index contributed by atoms with van der Waals surface area (Å²) in [5.41, 5.74) is 0.985. The van der Waals surface area contributed by atoms with Crippen LogP contribution in [0.15, 0.2) is 48.5 Å². The molecule has 0 bridgehead atoms. The van der Waals surface area contributed by atoms with Crippen LogP contribution in [-0.2, 0) is 30.0 Å². The van der Waals surface area contributed by atoms with E-state index >= 15 is 0 Å². The number of hydrogen-bond donors (Lipinski definition) is 0. The smallest absolute Gasteiger partial charge is 0.416 e. The number of fused-ring (bicyclic) bond motifs is 1. The number of benzene rings is 2. The molecule has 32 heavy (non-hydrogen) atoms. The third kappa shape index (κ3) is 5.71. The minimum absolute atomic E-state index is 0.135. The molecule has 174 valence electrons. The monoisotopic (exact) mass is 472 g/mol. The maximum atomic E-state index is 13.0. The van der Waals surface area contributed by atoms with Crippen LogP contribution in [-0.4, -0.2) is 53.0 Å². The first kappa shape index (κ1) is 23.9. The number of alkyl halides is 3. The molecule has 2 aromatic rings. The summed E-state index contributed by atoms with van der Waals surface area (Å²) >= 11 is 0. The Morgan fingerprint density at radius 2 is 1.72 bits per heavy atom. The normalized spacial score (nSPS) is 16.6. The van der Waals surface area contributed by atoms with Gasteiger partial charge in [0.15, 0.2) is 0 Å². The van der Waals surface area contributed by atoms with E-state index in [1.807, 2.05) is 0 Å². The van der Waals surface area contributed by atoms with E-state index < -0.39 is 33.9 Å². The van der Waals surface area contributed by atoms with Gasteiger partial charge in [-0.2, -0.15) is 21.6 Å². The lowest BCUT2D eigenvalue weighted by Gasteiger charge is -2.44. The fourth-order valence-corrected chi connectivity index (χ4v) is 3.92. The van der Waals surface area contributed by atoms with E-state index in [1.54, 1.807) is 41.0 Å². The first-order chi connectivity index (χ1) is 15.0. The SMILES string of the molecule is CCOC(=O)CN1c2ccccc2N(c2ccc(C(F)(F)F)cc2)CC1COS(C)(=O)=O. The summed E-state index contributed by atoms with van der Waals surface area (Å²) in [6.45, 7) is 1.67. The Morgan fingerprint density at radius 1 is 1.09 bits per heavy atom. The van der Waals surface area contributed by atoms with Crippen molar-refractivity contribution in [3.63, 3.8) is 0 Å². The van der Waals surface area contributed by atoms with E-state index in [-0.39, 0.29) is 26.3 Å². The molecular weight excluding hydrogens is 449 g/mol. The van der Waals surface area contributed by atoms with Crippen molar-refractivity contribution >= 4 is 33.1 Å². The number of hydrogen-bond acceptors (Lipinski definition) is 7. The van der Waals surface area contributed by atoms with Gasteiger partial charge in [0.1, 0.15) is 6.54 Å².